The van der Waals surface area contributed by atoms with Gasteiger partial charge in [0.2, 0.25) is 5.91 Å². The van der Waals surface area contributed by atoms with Gasteiger partial charge in [0.1, 0.15) is 29.5 Å². The van der Waals surface area contributed by atoms with Gasteiger partial charge in [0, 0.05) is 17.2 Å². The molecule has 0 radical (unpaired) electrons. The monoisotopic (exact) mass is 408 g/mol. The number of hydrogen-bond donors (Lipinski definition) is 1. The molecule has 4 rings (SSSR count). The van der Waals surface area contributed by atoms with Gasteiger partial charge in [-0.15, -0.1) is 0 Å². The second-order valence-corrected chi connectivity index (χ2v) is 8.17. The highest BCUT2D eigenvalue weighted by Crippen LogP contribution is 2.23. The van der Waals surface area contributed by atoms with E-state index in [2.05, 4.69) is 20.4 Å². The van der Waals surface area contributed by atoms with Crippen molar-refractivity contribution in [2.24, 2.45) is 0 Å². The topological polar surface area (TPSA) is 94.2 Å². The van der Waals surface area contributed by atoms with Gasteiger partial charge >= 0.3 is 0 Å². The first-order chi connectivity index (χ1) is 14.1. The average Bonchev–Trinajstić information content (AvgIpc) is 3.13. The minimum absolute atomic E-state index is 0.120. The minimum Gasteiger partial charge on any atom is -0.309 e. The largest absolute Gasteiger partial charge is 0.309 e. The van der Waals surface area contributed by atoms with Crippen molar-refractivity contribution < 1.29 is 9.18 Å². The molecular formula is C21H21FN6O2. The molecule has 0 spiro atoms. The SMILES string of the molecule is Cc1ccc2c(=O)n3nc(C(C)(C)C)cc3n(CC(=O)Nc3ccc(F)cn3)c2n1. The molecule has 0 atom stereocenters. The summed E-state index contributed by atoms with van der Waals surface area (Å²) in [5.74, 6) is -0.645. The predicted octanol–water partition coefficient (Wildman–Crippen LogP) is 2.82. The van der Waals surface area contributed by atoms with E-state index in [1.54, 1.807) is 22.8 Å². The van der Waals surface area contributed by atoms with E-state index in [1.807, 2.05) is 27.7 Å². The van der Waals surface area contributed by atoms with Gasteiger partial charge in [0.05, 0.1) is 17.3 Å². The molecule has 0 unspecified atom stereocenters. The van der Waals surface area contributed by atoms with Gasteiger partial charge in [-0.05, 0) is 31.2 Å². The number of amides is 1. The van der Waals surface area contributed by atoms with Gasteiger partial charge in [0.15, 0.2) is 0 Å². The summed E-state index contributed by atoms with van der Waals surface area (Å²) in [6.45, 7) is 7.69. The molecule has 0 aliphatic rings. The van der Waals surface area contributed by atoms with Crippen molar-refractivity contribution in [3.05, 3.63) is 64.1 Å². The lowest BCUT2D eigenvalue weighted by Crippen LogP contribution is -2.25. The Morgan fingerprint density at radius 2 is 1.97 bits per heavy atom. The number of nitrogens with zero attached hydrogens (tertiary/aromatic N) is 5. The number of carbonyl (C=O) groups excluding carboxylic acids is 1. The molecule has 0 bridgehead atoms. The second kappa shape index (κ2) is 7.01. The third-order valence-electron chi connectivity index (χ3n) is 4.72. The van der Waals surface area contributed by atoms with E-state index < -0.39 is 5.82 Å². The molecule has 8 nitrogen and oxygen atoms in total. The zero-order valence-electron chi connectivity index (χ0n) is 17.1. The number of fused-ring (bicyclic) bond motifs is 2. The van der Waals surface area contributed by atoms with Gasteiger partial charge in [0.25, 0.3) is 5.56 Å². The van der Waals surface area contributed by atoms with E-state index in [4.69, 9.17) is 0 Å². The third-order valence-corrected chi connectivity index (χ3v) is 4.72. The minimum atomic E-state index is -0.491. The quantitative estimate of drug-likeness (QED) is 0.563. The predicted molar refractivity (Wildman–Crippen MR) is 111 cm³/mol. The molecule has 0 aliphatic heterocycles. The van der Waals surface area contributed by atoms with Gasteiger partial charge in [-0.1, -0.05) is 20.8 Å². The molecule has 4 aromatic rings. The highest BCUT2D eigenvalue weighted by molar-refractivity contribution is 5.91. The summed E-state index contributed by atoms with van der Waals surface area (Å²) in [7, 11) is 0. The molecule has 1 amide bonds. The van der Waals surface area contributed by atoms with Crippen molar-refractivity contribution in [3.8, 4) is 0 Å². The molecule has 4 aromatic heterocycles. The van der Waals surface area contributed by atoms with Crippen LogP contribution in [-0.4, -0.2) is 30.1 Å². The summed E-state index contributed by atoms with van der Waals surface area (Å²) in [6.07, 6.45) is 1.03. The number of aromatic nitrogens is 5. The molecule has 0 saturated heterocycles. The third kappa shape index (κ3) is 3.54. The molecule has 0 saturated carbocycles. The van der Waals surface area contributed by atoms with Gasteiger partial charge in [-0.2, -0.15) is 9.61 Å². The highest BCUT2D eigenvalue weighted by atomic mass is 19.1. The molecular weight excluding hydrogens is 387 g/mol. The number of anilines is 1. The molecule has 1 N–H and O–H groups in total. The van der Waals surface area contributed by atoms with Crippen LogP contribution in [0, 0.1) is 12.7 Å². The summed E-state index contributed by atoms with van der Waals surface area (Å²) in [4.78, 5) is 34.1. The van der Waals surface area contributed by atoms with Crippen molar-refractivity contribution in [3.63, 3.8) is 0 Å². The van der Waals surface area contributed by atoms with Gasteiger partial charge in [-0.3, -0.25) is 9.59 Å². The Labute approximate surface area is 171 Å². The molecule has 0 aliphatic carbocycles. The van der Waals surface area contributed by atoms with Crippen LogP contribution in [-0.2, 0) is 16.8 Å². The fourth-order valence-corrected chi connectivity index (χ4v) is 3.15. The Bertz CT molecular complexity index is 1330. The standard InChI is InChI=1S/C21H21FN6O2/c1-12-5-7-14-19(24-12)27(11-17(29)25-16-8-6-13(22)10-23-16)18-9-15(21(2,3)4)26-28(18)20(14)30/h5-10H,11H2,1-4H3,(H,23,25,29). The zero-order valence-corrected chi connectivity index (χ0v) is 17.1. The fraction of sp³-hybridized carbons (Fsp3) is 0.286. The fourth-order valence-electron chi connectivity index (χ4n) is 3.15. The number of pyridine rings is 2. The van der Waals surface area contributed by atoms with Crippen molar-refractivity contribution >= 4 is 28.4 Å². The van der Waals surface area contributed by atoms with Gasteiger partial charge in [-0.25, -0.2) is 14.4 Å². The summed E-state index contributed by atoms with van der Waals surface area (Å²) >= 11 is 0. The summed E-state index contributed by atoms with van der Waals surface area (Å²) in [5.41, 5.74) is 1.73. The lowest BCUT2D eigenvalue weighted by Gasteiger charge is -2.13. The summed E-state index contributed by atoms with van der Waals surface area (Å²) in [5, 5.41) is 7.49. The van der Waals surface area contributed by atoms with E-state index in [0.717, 1.165) is 17.6 Å². The van der Waals surface area contributed by atoms with Crippen LogP contribution in [0.1, 0.15) is 32.2 Å². The normalized spacial score (nSPS) is 11.9. The van der Waals surface area contributed by atoms with Crippen LogP contribution in [0.5, 0.6) is 0 Å². The first-order valence-corrected chi connectivity index (χ1v) is 9.45. The summed E-state index contributed by atoms with van der Waals surface area (Å²) in [6, 6.07) is 7.83. The second-order valence-electron chi connectivity index (χ2n) is 8.17. The van der Waals surface area contributed by atoms with Crippen LogP contribution in [0.15, 0.2) is 41.3 Å². The lowest BCUT2D eigenvalue weighted by molar-refractivity contribution is -0.116. The van der Waals surface area contributed by atoms with E-state index >= 15 is 0 Å². The Morgan fingerprint density at radius 1 is 1.20 bits per heavy atom. The number of carbonyl (C=O) groups is 1. The Morgan fingerprint density at radius 3 is 2.63 bits per heavy atom. The summed E-state index contributed by atoms with van der Waals surface area (Å²) < 4.78 is 16.0. The number of hydrogen-bond acceptors (Lipinski definition) is 5. The Kier molecular flexibility index (Phi) is 4.60. The molecule has 4 heterocycles. The maximum atomic E-state index is 13.1. The number of halogens is 1. The number of aryl methyl sites for hydroxylation is 1. The van der Waals surface area contributed by atoms with Crippen LogP contribution < -0.4 is 10.9 Å². The van der Waals surface area contributed by atoms with E-state index in [1.165, 1.54) is 16.6 Å². The first-order valence-electron chi connectivity index (χ1n) is 9.45. The van der Waals surface area contributed by atoms with Crippen LogP contribution in [0.2, 0.25) is 0 Å². The molecule has 9 heteroatoms. The Balaban J connectivity index is 1.86. The molecule has 154 valence electrons. The van der Waals surface area contributed by atoms with Crippen molar-refractivity contribution in [1.82, 2.24) is 24.1 Å². The van der Waals surface area contributed by atoms with Crippen LogP contribution in [0.25, 0.3) is 16.7 Å². The van der Waals surface area contributed by atoms with Crippen LogP contribution >= 0.6 is 0 Å². The lowest BCUT2D eigenvalue weighted by atomic mass is 9.93. The molecule has 0 fully saturated rings. The van der Waals surface area contributed by atoms with Gasteiger partial charge < -0.3 is 9.88 Å². The number of nitrogens with one attached hydrogen (secondary N) is 1. The van der Waals surface area contributed by atoms with E-state index in [9.17, 15) is 14.0 Å². The Hall–Kier alpha value is -3.62. The smallest absolute Gasteiger partial charge is 0.283 e. The van der Waals surface area contributed by atoms with E-state index in [0.29, 0.717) is 16.7 Å². The maximum Gasteiger partial charge on any atom is 0.283 e. The molecule has 30 heavy (non-hydrogen) atoms. The van der Waals surface area contributed by atoms with Crippen molar-refractivity contribution in [2.75, 3.05) is 5.32 Å². The highest BCUT2D eigenvalue weighted by Gasteiger charge is 2.22. The first kappa shape index (κ1) is 19.7. The van der Waals surface area contributed by atoms with Crippen molar-refractivity contribution in [1.29, 1.82) is 0 Å². The number of rotatable bonds is 3. The van der Waals surface area contributed by atoms with E-state index in [-0.39, 0.29) is 29.2 Å². The average molecular weight is 408 g/mol. The van der Waals surface area contributed by atoms with Crippen LogP contribution in [0.3, 0.4) is 0 Å². The van der Waals surface area contributed by atoms with Crippen molar-refractivity contribution in [2.45, 2.75) is 39.7 Å². The van der Waals surface area contributed by atoms with Crippen LogP contribution in [0.4, 0.5) is 10.2 Å². The maximum absolute atomic E-state index is 13.1. The molecule has 0 aromatic carbocycles. The zero-order chi connectivity index (χ0) is 21.6.